The minimum absolute atomic E-state index is 0.0470. The van der Waals surface area contributed by atoms with Crippen molar-refractivity contribution in [2.45, 2.75) is 59.4 Å². The first-order valence-corrected chi connectivity index (χ1v) is 12.1. The normalized spacial score (nSPS) is 20.7. The van der Waals surface area contributed by atoms with E-state index in [0.29, 0.717) is 24.0 Å². The third kappa shape index (κ3) is 4.43. The molecule has 2 aliphatic rings. The predicted molar refractivity (Wildman–Crippen MR) is 138 cm³/mol. The van der Waals surface area contributed by atoms with Gasteiger partial charge in [0.25, 0.3) is 11.8 Å². The highest BCUT2D eigenvalue weighted by Crippen LogP contribution is 2.44. The Morgan fingerprint density at radius 1 is 1.11 bits per heavy atom. The summed E-state index contributed by atoms with van der Waals surface area (Å²) in [6, 6.07) is 10.1. The minimum Gasteiger partial charge on any atom is -0.494 e. The van der Waals surface area contributed by atoms with Crippen LogP contribution in [0, 0.1) is 6.92 Å². The zero-order valence-electron chi connectivity index (χ0n) is 21.3. The second kappa shape index (κ2) is 9.21. The van der Waals surface area contributed by atoms with Gasteiger partial charge in [-0.25, -0.2) is 9.69 Å². The van der Waals surface area contributed by atoms with E-state index in [9.17, 15) is 14.4 Å². The zero-order valence-corrected chi connectivity index (χ0v) is 21.3. The summed E-state index contributed by atoms with van der Waals surface area (Å²) in [5.74, 6) is -0.373. The first-order valence-electron chi connectivity index (χ1n) is 12.1. The number of carbonyl (C=O) groups is 3. The monoisotopic (exact) mass is 475 g/mol. The smallest absolute Gasteiger partial charge is 0.335 e. The van der Waals surface area contributed by atoms with Gasteiger partial charge in [-0.2, -0.15) is 0 Å². The van der Waals surface area contributed by atoms with Crippen molar-refractivity contribution in [3.8, 4) is 5.75 Å². The maximum absolute atomic E-state index is 13.3. The van der Waals surface area contributed by atoms with Gasteiger partial charge in [-0.05, 0) is 106 Å². The number of carbonyl (C=O) groups excluding carboxylic acids is 3. The number of benzene rings is 2. The maximum Gasteiger partial charge on any atom is 0.335 e. The number of fused-ring (bicyclic) bond motifs is 1. The van der Waals surface area contributed by atoms with E-state index in [0.717, 1.165) is 29.0 Å². The molecule has 1 unspecified atom stereocenters. The summed E-state index contributed by atoms with van der Waals surface area (Å²) in [4.78, 5) is 42.0. The van der Waals surface area contributed by atoms with E-state index in [1.807, 2.05) is 13.8 Å². The van der Waals surface area contributed by atoms with E-state index in [1.54, 1.807) is 30.3 Å². The molecule has 0 aromatic heterocycles. The molecule has 2 aliphatic heterocycles. The van der Waals surface area contributed by atoms with Crippen LogP contribution in [0.4, 0.5) is 16.2 Å². The minimum atomic E-state index is -0.766. The fourth-order valence-corrected chi connectivity index (χ4v) is 5.31. The van der Waals surface area contributed by atoms with Gasteiger partial charge < -0.3 is 9.64 Å². The van der Waals surface area contributed by atoms with Crippen molar-refractivity contribution >= 4 is 35.3 Å². The summed E-state index contributed by atoms with van der Waals surface area (Å²) in [6.45, 7) is 14.2. The molecule has 35 heavy (non-hydrogen) atoms. The van der Waals surface area contributed by atoms with Crippen LogP contribution in [-0.2, 0) is 9.59 Å². The molecule has 2 aromatic rings. The van der Waals surface area contributed by atoms with Crippen LogP contribution in [0.5, 0.6) is 5.75 Å². The number of urea groups is 1. The highest BCUT2D eigenvalue weighted by molar-refractivity contribution is 6.39. The van der Waals surface area contributed by atoms with Gasteiger partial charge >= 0.3 is 6.03 Å². The number of imide groups is 2. The van der Waals surface area contributed by atoms with Crippen LogP contribution in [-0.4, -0.2) is 36.5 Å². The van der Waals surface area contributed by atoms with Crippen LogP contribution in [0.2, 0.25) is 0 Å². The van der Waals surface area contributed by atoms with Crippen LogP contribution < -0.4 is 19.9 Å². The molecule has 2 heterocycles. The first kappa shape index (κ1) is 24.5. The summed E-state index contributed by atoms with van der Waals surface area (Å²) in [5, 5.41) is 2.31. The summed E-state index contributed by atoms with van der Waals surface area (Å²) in [6.07, 6.45) is 2.61. The largest absolute Gasteiger partial charge is 0.494 e. The van der Waals surface area contributed by atoms with Gasteiger partial charge in [-0.15, -0.1) is 0 Å². The van der Waals surface area contributed by atoms with Crippen LogP contribution in [0.1, 0.15) is 63.6 Å². The molecule has 0 bridgehead atoms. The summed E-state index contributed by atoms with van der Waals surface area (Å²) < 4.78 is 5.44. The number of amides is 4. The van der Waals surface area contributed by atoms with Gasteiger partial charge in [0.1, 0.15) is 11.3 Å². The Hall–Kier alpha value is -3.61. The average molecular weight is 476 g/mol. The molecule has 1 N–H and O–H groups in total. The predicted octanol–water partition coefficient (Wildman–Crippen LogP) is 5.17. The van der Waals surface area contributed by atoms with Crippen molar-refractivity contribution in [2.24, 2.45) is 0 Å². The summed E-state index contributed by atoms with van der Waals surface area (Å²) >= 11 is 0. The molecule has 1 atom stereocenters. The molecule has 1 saturated heterocycles. The zero-order chi connectivity index (χ0) is 25.5. The van der Waals surface area contributed by atoms with E-state index in [2.05, 4.69) is 50.0 Å². The van der Waals surface area contributed by atoms with Crippen LogP contribution in [0.15, 0.2) is 42.0 Å². The van der Waals surface area contributed by atoms with Gasteiger partial charge in [0.05, 0.1) is 12.3 Å². The Morgan fingerprint density at radius 3 is 2.43 bits per heavy atom. The second-order valence-electron chi connectivity index (χ2n) is 9.81. The first-order chi connectivity index (χ1) is 16.6. The van der Waals surface area contributed by atoms with Crippen molar-refractivity contribution in [2.75, 3.05) is 23.0 Å². The van der Waals surface area contributed by atoms with Crippen molar-refractivity contribution in [3.63, 3.8) is 0 Å². The van der Waals surface area contributed by atoms with Gasteiger partial charge in [0, 0.05) is 17.8 Å². The van der Waals surface area contributed by atoms with E-state index >= 15 is 0 Å². The van der Waals surface area contributed by atoms with Crippen LogP contribution >= 0.6 is 0 Å². The van der Waals surface area contributed by atoms with E-state index in [1.165, 1.54) is 11.3 Å². The highest BCUT2D eigenvalue weighted by Gasteiger charge is 2.38. The quantitative estimate of drug-likeness (QED) is 0.477. The number of aryl methyl sites for hydroxylation is 1. The third-order valence-electron chi connectivity index (χ3n) is 6.90. The highest BCUT2D eigenvalue weighted by atomic mass is 16.5. The summed E-state index contributed by atoms with van der Waals surface area (Å²) in [5.41, 5.74) is 4.50. The molecule has 184 valence electrons. The van der Waals surface area contributed by atoms with Crippen molar-refractivity contribution in [3.05, 3.63) is 58.7 Å². The SMILES string of the molecule is CCOc1ccc(N2C(=O)NC(=O)/C(=C/c3cc4c(cc3C)N(CC)C(C)(C)CC4C)C2=O)cc1. The van der Waals surface area contributed by atoms with E-state index in [-0.39, 0.29) is 11.1 Å². The second-order valence-corrected chi connectivity index (χ2v) is 9.81. The fraction of sp³-hybridized carbons (Fsp3) is 0.393. The molecule has 4 rings (SSSR count). The van der Waals surface area contributed by atoms with Gasteiger partial charge in [-0.3, -0.25) is 14.9 Å². The molecule has 2 aromatic carbocycles. The Bertz CT molecular complexity index is 1210. The van der Waals surface area contributed by atoms with E-state index in [4.69, 9.17) is 4.74 Å². The number of hydrogen-bond acceptors (Lipinski definition) is 5. The van der Waals surface area contributed by atoms with Crippen LogP contribution in [0.25, 0.3) is 6.08 Å². The molecule has 1 fully saturated rings. The lowest BCUT2D eigenvalue weighted by molar-refractivity contribution is -0.122. The molecule has 7 nitrogen and oxygen atoms in total. The number of hydrogen-bond donors (Lipinski definition) is 1. The van der Waals surface area contributed by atoms with Crippen LogP contribution in [0.3, 0.4) is 0 Å². The average Bonchev–Trinajstić information content (AvgIpc) is 2.78. The molecule has 0 saturated carbocycles. The van der Waals surface area contributed by atoms with E-state index < -0.39 is 17.8 Å². The lowest BCUT2D eigenvalue weighted by atomic mass is 9.79. The van der Waals surface area contributed by atoms with Gasteiger partial charge in [0.15, 0.2) is 0 Å². The standard InChI is InChI=1S/C28H33N3O4/c1-7-30-24-13-17(3)19(14-22(24)18(4)16-28(30,5)6)15-23-25(32)29-27(34)31(26(23)33)20-9-11-21(12-10-20)35-8-2/h9-15,18H,7-8,16H2,1-6H3,(H,29,32,34)/b23-15-. The molecular weight excluding hydrogens is 442 g/mol. The van der Waals surface area contributed by atoms with Gasteiger partial charge in [-0.1, -0.05) is 6.92 Å². The number of barbiturate groups is 1. The van der Waals surface area contributed by atoms with Gasteiger partial charge in [0.2, 0.25) is 0 Å². The molecular formula is C28H33N3O4. The number of rotatable bonds is 5. The van der Waals surface area contributed by atoms with Crippen molar-refractivity contribution in [1.82, 2.24) is 5.32 Å². The number of nitrogens with one attached hydrogen (secondary N) is 1. The number of ether oxygens (including phenoxy) is 1. The maximum atomic E-state index is 13.3. The molecule has 0 radical (unpaired) electrons. The lowest BCUT2D eigenvalue weighted by Crippen LogP contribution is -2.54. The molecule has 4 amide bonds. The summed E-state index contributed by atoms with van der Waals surface area (Å²) in [7, 11) is 0. The molecule has 0 spiro atoms. The lowest BCUT2D eigenvalue weighted by Gasteiger charge is -2.47. The third-order valence-corrected chi connectivity index (χ3v) is 6.90. The Balaban J connectivity index is 1.73. The number of anilines is 2. The Labute approximate surface area is 206 Å². The Morgan fingerprint density at radius 2 is 1.80 bits per heavy atom. The fourth-order valence-electron chi connectivity index (χ4n) is 5.31. The van der Waals surface area contributed by atoms with Crippen molar-refractivity contribution < 1.29 is 19.1 Å². The Kier molecular flexibility index (Phi) is 6.45. The molecule has 7 heteroatoms. The number of nitrogens with zero attached hydrogens (tertiary/aromatic N) is 2. The van der Waals surface area contributed by atoms with Crippen molar-refractivity contribution in [1.29, 1.82) is 0 Å². The topological polar surface area (TPSA) is 79.0 Å². The molecule has 0 aliphatic carbocycles.